The largest absolute Gasteiger partial charge is 0.508 e. The number of nitrogens with one attached hydrogen (secondary N) is 1. The third kappa shape index (κ3) is 5.52. The lowest BCUT2D eigenvalue weighted by atomic mass is 10.1. The highest BCUT2D eigenvalue weighted by atomic mass is 32.2. The van der Waals surface area contributed by atoms with Crippen molar-refractivity contribution in [3.05, 3.63) is 65.7 Å². The van der Waals surface area contributed by atoms with Crippen LogP contribution in [-0.2, 0) is 4.74 Å². The molecule has 33 heavy (non-hydrogen) atoms. The van der Waals surface area contributed by atoms with Gasteiger partial charge in [0.25, 0.3) is 5.91 Å². The Balaban J connectivity index is 1.43. The molecule has 1 atom stereocenters. The van der Waals surface area contributed by atoms with E-state index in [2.05, 4.69) is 15.3 Å². The number of nitrogens with zero attached hydrogens (tertiary/aromatic N) is 3. The molecule has 1 amide bonds. The molecule has 2 heterocycles. The molecular weight excluding hydrogens is 445 g/mol. The van der Waals surface area contributed by atoms with Crippen LogP contribution in [0.2, 0.25) is 0 Å². The molecule has 0 spiro atoms. The van der Waals surface area contributed by atoms with Crippen LogP contribution in [0.5, 0.6) is 5.75 Å². The van der Waals surface area contributed by atoms with Gasteiger partial charge in [0.2, 0.25) is 0 Å². The van der Waals surface area contributed by atoms with Gasteiger partial charge < -0.3 is 25.8 Å². The summed E-state index contributed by atoms with van der Waals surface area (Å²) in [6, 6.07) is 9.26. The number of hydrogen-bond acceptors (Lipinski definition) is 8. The molecule has 0 bridgehead atoms. The molecule has 1 unspecified atom stereocenters. The van der Waals surface area contributed by atoms with E-state index in [1.807, 2.05) is 11.8 Å². The van der Waals surface area contributed by atoms with Crippen LogP contribution in [0.3, 0.4) is 0 Å². The van der Waals surface area contributed by atoms with Gasteiger partial charge in [-0.15, -0.1) is 0 Å². The van der Waals surface area contributed by atoms with Crippen LogP contribution in [0.15, 0.2) is 53.9 Å². The highest BCUT2D eigenvalue weighted by Gasteiger charge is 2.18. The first-order valence-electron chi connectivity index (χ1n) is 10.4. The van der Waals surface area contributed by atoms with Gasteiger partial charge in [0.15, 0.2) is 5.16 Å². The van der Waals surface area contributed by atoms with Gasteiger partial charge in [0, 0.05) is 40.8 Å². The Morgan fingerprint density at radius 2 is 1.97 bits per heavy atom. The molecule has 1 aromatic heterocycles. The molecule has 1 aliphatic heterocycles. The fraction of sp³-hybridized carbons (Fsp3) is 0.261. The summed E-state index contributed by atoms with van der Waals surface area (Å²) in [4.78, 5) is 23.2. The number of thioether (sulfide) groups is 1. The molecular formula is C23H24FN5O3S. The number of amides is 1. The number of carbonyl (C=O) groups is 1. The minimum atomic E-state index is -0.482. The van der Waals surface area contributed by atoms with Crippen LogP contribution in [-0.4, -0.2) is 47.3 Å². The number of phenols is 1. The number of aromatic hydroxyl groups is 1. The lowest BCUT2D eigenvalue weighted by molar-refractivity contribution is 0.102. The molecule has 1 aliphatic rings. The summed E-state index contributed by atoms with van der Waals surface area (Å²) in [6.07, 6.45) is 2.96. The van der Waals surface area contributed by atoms with Crippen molar-refractivity contribution in [1.82, 2.24) is 9.97 Å². The van der Waals surface area contributed by atoms with Crippen LogP contribution in [0, 0.1) is 5.82 Å². The van der Waals surface area contributed by atoms with E-state index in [1.54, 1.807) is 24.3 Å². The predicted molar refractivity (Wildman–Crippen MR) is 126 cm³/mol. The molecule has 0 saturated carbocycles. The van der Waals surface area contributed by atoms with Crippen molar-refractivity contribution in [3.63, 3.8) is 0 Å². The number of rotatable bonds is 6. The Labute approximate surface area is 195 Å². The van der Waals surface area contributed by atoms with Crippen molar-refractivity contribution in [1.29, 1.82) is 0 Å². The zero-order valence-corrected chi connectivity index (χ0v) is 18.8. The summed E-state index contributed by atoms with van der Waals surface area (Å²) in [5, 5.41) is 13.1. The van der Waals surface area contributed by atoms with E-state index in [0.29, 0.717) is 54.1 Å². The molecule has 2 aromatic carbocycles. The van der Waals surface area contributed by atoms with E-state index >= 15 is 0 Å². The maximum absolute atomic E-state index is 14.2. The Bertz CT molecular complexity index is 1120. The van der Waals surface area contributed by atoms with Crippen molar-refractivity contribution >= 4 is 34.7 Å². The predicted octanol–water partition coefficient (Wildman–Crippen LogP) is 3.85. The van der Waals surface area contributed by atoms with Gasteiger partial charge >= 0.3 is 0 Å². The van der Waals surface area contributed by atoms with E-state index in [-0.39, 0.29) is 16.6 Å². The summed E-state index contributed by atoms with van der Waals surface area (Å²) in [7, 11) is 0. The third-order valence-corrected chi connectivity index (χ3v) is 6.22. The number of aromatic nitrogens is 2. The maximum Gasteiger partial charge on any atom is 0.255 e. The monoisotopic (exact) mass is 469 g/mol. The van der Waals surface area contributed by atoms with Crippen LogP contribution in [0.25, 0.3) is 0 Å². The first kappa shape index (κ1) is 22.8. The van der Waals surface area contributed by atoms with E-state index in [0.717, 1.165) is 0 Å². The van der Waals surface area contributed by atoms with E-state index < -0.39 is 11.7 Å². The second kappa shape index (κ2) is 10.1. The van der Waals surface area contributed by atoms with Gasteiger partial charge in [0.1, 0.15) is 11.6 Å². The lowest BCUT2D eigenvalue weighted by Gasteiger charge is -2.29. The summed E-state index contributed by atoms with van der Waals surface area (Å²) in [5.74, 6) is -0.821. The van der Waals surface area contributed by atoms with Crippen LogP contribution >= 0.6 is 11.8 Å². The molecule has 3 aromatic rings. The quantitative estimate of drug-likeness (QED) is 0.283. The van der Waals surface area contributed by atoms with Crippen molar-refractivity contribution in [2.24, 2.45) is 0 Å². The Hall–Kier alpha value is -3.37. The van der Waals surface area contributed by atoms with Gasteiger partial charge in [0.05, 0.1) is 31.3 Å². The molecule has 1 saturated heterocycles. The number of phenolic OH excluding ortho intramolecular Hbond substituents is 1. The maximum atomic E-state index is 14.2. The molecule has 0 radical (unpaired) electrons. The van der Waals surface area contributed by atoms with Gasteiger partial charge in [-0.2, -0.15) is 0 Å². The molecule has 8 nitrogen and oxygen atoms in total. The van der Waals surface area contributed by atoms with Crippen LogP contribution in [0.1, 0.15) is 28.1 Å². The van der Waals surface area contributed by atoms with E-state index in [4.69, 9.17) is 10.5 Å². The summed E-state index contributed by atoms with van der Waals surface area (Å²) >= 11 is 1.33. The number of halogens is 1. The van der Waals surface area contributed by atoms with E-state index in [9.17, 15) is 14.3 Å². The zero-order chi connectivity index (χ0) is 23.4. The fourth-order valence-corrected chi connectivity index (χ4v) is 4.50. The SMILES string of the molecule is CC(Sc1ncc(NC(=O)c2cc(F)cc(N3CCOCC3)c2)cn1)c1c(N)cccc1O. The van der Waals surface area contributed by atoms with Crippen molar-refractivity contribution in [3.8, 4) is 5.75 Å². The number of ether oxygens (including phenoxy) is 1. The average molecular weight is 470 g/mol. The average Bonchev–Trinajstić information content (AvgIpc) is 2.80. The Morgan fingerprint density at radius 3 is 2.67 bits per heavy atom. The lowest BCUT2D eigenvalue weighted by Crippen LogP contribution is -2.36. The number of hydrogen-bond donors (Lipinski definition) is 3. The van der Waals surface area contributed by atoms with Crippen molar-refractivity contribution in [2.75, 3.05) is 42.3 Å². The normalized spacial score (nSPS) is 14.7. The number of carbonyl (C=O) groups excluding carboxylic acids is 1. The number of nitrogen functional groups attached to an aromatic ring is 1. The standard InChI is InChI=1S/C23H24FN5O3S/c1-14(21-19(25)3-2-4-20(21)30)33-23-26-12-17(13-27-23)28-22(31)15-9-16(24)11-18(10-15)29-5-7-32-8-6-29/h2-4,9-14,30H,5-8,25H2,1H3,(H,28,31). The Kier molecular flexibility index (Phi) is 6.95. The molecule has 172 valence electrons. The zero-order valence-electron chi connectivity index (χ0n) is 18.0. The molecule has 0 aliphatic carbocycles. The van der Waals surface area contributed by atoms with Gasteiger partial charge in [-0.25, -0.2) is 14.4 Å². The second-order valence-corrected chi connectivity index (χ2v) is 8.85. The summed E-state index contributed by atoms with van der Waals surface area (Å²) < 4.78 is 19.5. The molecule has 4 N–H and O–H groups in total. The minimum absolute atomic E-state index is 0.116. The summed E-state index contributed by atoms with van der Waals surface area (Å²) in [5.41, 5.74) is 8.32. The van der Waals surface area contributed by atoms with E-state index in [1.165, 1.54) is 36.3 Å². The number of benzene rings is 2. The topological polar surface area (TPSA) is 114 Å². The highest BCUT2D eigenvalue weighted by Crippen LogP contribution is 2.40. The smallest absolute Gasteiger partial charge is 0.255 e. The van der Waals surface area contributed by atoms with Gasteiger partial charge in [-0.1, -0.05) is 17.8 Å². The molecule has 4 rings (SSSR count). The molecule has 1 fully saturated rings. The van der Waals surface area contributed by atoms with Crippen LogP contribution < -0.4 is 16.0 Å². The number of nitrogens with two attached hydrogens (primary N) is 1. The minimum Gasteiger partial charge on any atom is -0.508 e. The Morgan fingerprint density at radius 1 is 1.24 bits per heavy atom. The fourth-order valence-electron chi connectivity index (χ4n) is 3.58. The molecule has 10 heteroatoms. The second-order valence-electron chi connectivity index (χ2n) is 7.55. The third-order valence-electron chi connectivity index (χ3n) is 5.21. The van der Waals surface area contributed by atoms with Crippen molar-refractivity contribution in [2.45, 2.75) is 17.3 Å². The van der Waals surface area contributed by atoms with Gasteiger partial charge in [-0.05, 0) is 37.3 Å². The first-order chi connectivity index (χ1) is 15.9. The van der Waals surface area contributed by atoms with Crippen LogP contribution in [0.4, 0.5) is 21.5 Å². The first-order valence-corrected chi connectivity index (χ1v) is 11.3. The summed E-state index contributed by atoms with van der Waals surface area (Å²) in [6.45, 7) is 4.30. The number of anilines is 3. The highest BCUT2D eigenvalue weighted by molar-refractivity contribution is 7.99. The van der Waals surface area contributed by atoms with Gasteiger partial charge in [-0.3, -0.25) is 4.79 Å². The van der Waals surface area contributed by atoms with Crippen molar-refractivity contribution < 1.29 is 19.0 Å². The number of morpholine rings is 1.